The number of nitrogens with one attached hydrogen (secondary N) is 1. The van der Waals surface area contributed by atoms with Crippen LogP contribution in [0.4, 0.5) is 0 Å². The van der Waals surface area contributed by atoms with Crippen LogP contribution in [0.25, 0.3) is 0 Å². The van der Waals surface area contributed by atoms with E-state index >= 15 is 0 Å². The molecular weight excluding hydrogens is 234 g/mol. The summed E-state index contributed by atoms with van der Waals surface area (Å²) >= 11 is 0. The van der Waals surface area contributed by atoms with Gasteiger partial charge in [0.25, 0.3) is 5.91 Å². The Morgan fingerprint density at radius 1 is 1.44 bits per heavy atom. The molecule has 0 saturated heterocycles. The molecule has 2 rings (SSSR count). The number of hydrogen-bond donors (Lipinski definition) is 3. The van der Waals surface area contributed by atoms with E-state index in [0.717, 1.165) is 12.8 Å². The van der Waals surface area contributed by atoms with Gasteiger partial charge in [-0.1, -0.05) is 18.0 Å². The van der Waals surface area contributed by atoms with Crippen molar-refractivity contribution in [2.75, 3.05) is 0 Å². The van der Waals surface area contributed by atoms with E-state index in [1.165, 1.54) is 12.4 Å². The molecule has 1 heterocycles. The number of nitrogens with zero attached hydrogens (tertiary/aromatic N) is 3. The summed E-state index contributed by atoms with van der Waals surface area (Å²) < 4.78 is 0. The lowest BCUT2D eigenvalue weighted by Gasteiger charge is -2.28. The number of carbonyl (C=O) groups is 1. The molecule has 4 N–H and O–H groups in total. The Morgan fingerprint density at radius 2 is 2.17 bits per heavy atom. The minimum atomic E-state index is -0.741. The monoisotopic (exact) mass is 249 g/mol. The van der Waals surface area contributed by atoms with Gasteiger partial charge in [-0.15, -0.1) is 0 Å². The smallest absolute Gasteiger partial charge is 0.253 e. The lowest BCUT2D eigenvalue weighted by Crippen LogP contribution is -2.55. The molecule has 0 radical (unpaired) electrons. The topological polar surface area (TPSA) is 113 Å². The molecule has 1 aliphatic carbocycles. The highest BCUT2D eigenvalue weighted by molar-refractivity contribution is 6.00. The molecule has 7 heteroatoms. The quantitative estimate of drug-likeness (QED) is 0.308. The van der Waals surface area contributed by atoms with E-state index < -0.39 is 5.54 Å². The van der Waals surface area contributed by atoms with Crippen molar-refractivity contribution in [3.05, 3.63) is 24.0 Å². The van der Waals surface area contributed by atoms with E-state index in [2.05, 4.69) is 20.7 Å². The molecule has 1 saturated carbocycles. The van der Waals surface area contributed by atoms with Crippen molar-refractivity contribution in [2.45, 2.75) is 31.2 Å². The van der Waals surface area contributed by atoms with Gasteiger partial charge in [0.1, 0.15) is 5.54 Å². The first-order chi connectivity index (χ1) is 8.68. The second-order valence-corrected chi connectivity index (χ2v) is 4.36. The van der Waals surface area contributed by atoms with Gasteiger partial charge in [0.15, 0.2) is 5.84 Å². The van der Waals surface area contributed by atoms with Crippen LogP contribution in [0.1, 0.15) is 36.0 Å². The van der Waals surface area contributed by atoms with Crippen molar-refractivity contribution in [2.24, 2.45) is 10.9 Å². The van der Waals surface area contributed by atoms with Gasteiger partial charge in [-0.2, -0.15) is 10.2 Å². The molecule has 0 atom stereocenters. The molecule has 1 amide bonds. The Morgan fingerprint density at radius 3 is 2.72 bits per heavy atom. The third-order valence-electron chi connectivity index (χ3n) is 3.25. The number of aromatic nitrogens is 2. The third-order valence-corrected chi connectivity index (χ3v) is 3.25. The maximum absolute atomic E-state index is 12.1. The van der Waals surface area contributed by atoms with Crippen molar-refractivity contribution < 1.29 is 10.0 Å². The van der Waals surface area contributed by atoms with Crippen LogP contribution in [0, 0.1) is 0 Å². The van der Waals surface area contributed by atoms with E-state index in [1.54, 1.807) is 6.07 Å². The highest BCUT2D eigenvalue weighted by Crippen LogP contribution is 2.30. The van der Waals surface area contributed by atoms with Gasteiger partial charge in [0.2, 0.25) is 0 Å². The number of nitrogens with two attached hydrogens (primary N) is 1. The highest BCUT2D eigenvalue weighted by Gasteiger charge is 2.39. The molecule has 1 aliphatic rings. The van der Waals surface area contributed by atoms with Gasteiger partial charge in [0.05, 0.1) is 18.0 Å². The predicted molar refractivity (Wildman–Crippen MR) is 64.1 cm³/mol. The summed E-state index contributed by atoms with van der Waals surface area (Å²) in [6, 6.07) is 1.57. The number of rotatable bonds is 3. The Hall–Kier alpha value is -2.18. The number of oxime groups is 1. The second-order valence-electron chi connectivity index (χ2n) is 4.36. The molecule has 1 aromatic rings. The molecule has 7 nitrogen and oxygen atoms in total. The molecule has 1 fully saturated rings. The number of amidine groups is 1. The Bertz CT molecular complexity index is 454. The average molecular weight is 249 g/mol. The fourth-order valence-corrected chi connectivity index (χ4v) is 2.23. The molecule has 18 heavy (non-hydrogen) atoms. The number of hydrogen-bond acceptors (Lipinski definition) is 5. The number of carbonyl (C=O) groups excluding carboxylic acids is 1. The first kappa shape index (κ1) is 12.3. The summed E-state index contributed by atoms with van der Waals surface area (Å²) in [5.41, 5.74) is 5.36. The summed E-state index contributed by atoms with van der Waals surface area (Å²) in [6.07, 6.45) is 6.04. The molecule has 0 aliphatic heterocycles. The molecular formula is C11H15N5O2. The molecule has 0 spiro atoms. The normalized spacial score (nSPS) is 18.6. The minimum absolute atomic E-state index is 0.0513. The van der Waals surface area contributed by atoms with E-state index in [4.69, 9.17) is 10.9 Å². The fourth-order valence-electron chi connectivity index (χ4n) is 2.23. The zero-order valence-electron chi connectivity index (χ0n) is 9.83. The molecule has 1 aromatic heterocycles. The number of amides is 1. The first-order valence-electron chi connectivity index (χ1n) is 5.75. The minimum Gasteiger partial charge on any atom is -0.409 e. The fraction of sp³-hybridized carbons (Fsp3) is 0.455. The van der Waals surface area contributed by atoms with Gasteiger partial charge in [0, 0.05) is 0 Å². The zero-order chi connectivity index (χ0) is 13.0. The summed E-state index contributed by atoms with van der Waals surface area (Å²) in [5, 5.41) is 22.0. The van der Waals surface area contributed by atoms with E-state index in [9.17, 15) is 4.79 Å². The Kier molecular flexibility index (Phi) is 3.40. The average Bonchev–Trinajstić information content (AvgIpc) is 2.88. The van der Waals surface area contributed by atoms with Crippen LogP contribution in [0.5, 0.6) is 0 Å². The van der Waals surface area contributed by atoms with Crippen molar-refractivity contribution in [3.63, 3.8) is 0 Å². The van der Waals surface area contributed by atoms with Gasteiger partial charge < -0.3 is 16.3 Å². The SMILES string of the molecule is N/C(=N/O)C1(NC(=O)c2ccnnc2)CCCC1. The third kappa shape index (κ3) is 2.24. The van der Waals surface area contributed by atoms with E-state index in [0.29, 0.717) is 18.4 Å². The standard InChI is InChI=1S/C11H15N5O2/c12-10(16-18)11(4-1-2-5-11)15-9(17)8-3-6-13-14-7-8/h3,6-7,18H,1-2,4-5H2,(H2,12,16)(H,15,17). The van der Waals surface area contributed by atoms with Crippen LogP contribution in [0.3, 0.4) is 0 Å². The first-order valence-corrected chi connectivity index (χ1v) is 5.75. The Balaban J connectivity index is 2.18. The van der Waals surface area contributed by atoms with Crippen molar-refractivity contribution in [3.8, 4) is 0 Å². The molecule has 0 aromatic carbocycles. The second kappa shape index (κ2) is 4.99. The van der Waals surface area contributed by atoms with Crippen LogP contribution in [-0.2, 0) is 0 Å². The summed E-state index contributed by atoms with van der Waals surface area (Å²) in [6.45, 7) is 0. The largest absolute Gasteiger partial charge is 0.409 e. The van der Waals surface area contributed by atoms with Crippen molar-refractivity contribution in [1.29, 1.82) is 0 Å². The van der Waals surface area contributed by atoms with Crippen LogP contribution in [0.2, 0.25) is 0 Å². The van der Waals surface area contributed by atoms with Gasteiger partial charge in [-0.25, -0.2) is 0 Å². The maximum atomic E-state index is 12.1. The predicted octanol–water partition coefficient (Wildman–Crippen LogP) is 0.266. The zero-order valence-corrected chi connectivity index (χ0v) is 9.83. The lowest BCUT2D eigenvalue weighted by atomic mass is 9.95. The molecule has 96 valence electrons. The lowest BCUT2D eigenvalue weighted by molar-refractivity contribution is 0.0922. The Labute approximate surface area is 104 Å². The van der Waals surface area contributed by atoms with Crippen molar-refractivity contribution >= 4 is 11.7 Å². The van der Waals surface area contributed by atoms with Gasteiger partial charge >= 0.3 is 0 Å². The van der Waals surface area contributed by atoms with Crippen LogP contribution < -0.4 is 11.1 Å². The molecule has 0 unspecified atom stereocenters. The van der Waals surface area contributed by atoms with Gasteiger partial charge in [-0.05, 0) is 18.9 Å². The highest BCUT2D eigenvalue weighted by atomic mass is 16.4. The van der Waals surface area contributed by atoms with Crippen LogP contribution in [-0.4, -0.2) is 32.7 Å². The summed E-state index contributed by atoms with van der Waals surface area (Å²) in [4.78, 5) is 12.1. The van der Waals surface area contributed by atoms with Crippen molar-refractivity contribution in [1.82, 2.24) is 15.5 Å². The van der Waals surface area contributed by atoms with E-state index in [1.807, 2.05) is 0 Å². The van der Waals surface area contributed by atoms with Crippen LogP contribution in [0.15, 0.2) is 23.6 Å². The van der Waals surface area contributed by atoms with E-state index in [-0.39, 0.29) is 11.7 Å². The molecule has 0 bridgehead atoms. The summed E-state index contributed by atoms with van der Waals surface area (Å²) in [7, 11) is 0. The van der Waals surface area contributed by atoms with Crippen LogP contribution >= 0.6 is 0 Å². The van der Waals surface area contributed by atoms with Gasteiger partial charge in [-0.3, -0.25) is 4.79 Å². The summed E-state index contributed by atoms with van der Waals surface area (Å²) in [5.74, 6) is -0.242. The maximum Gasteiger partial charge on any atom is 0.253 e.